The Balaban J connectivity index is 1.90. The fourth-order valence-electron chi connectivity index (χ4n) is 2.61. The second kappa shape index (κ2) is 5.98. The Hall–Kier alpha value is -0.680. The van der Waals surface area contributed by atoms with Crippen LogP contribution in [0.3, 0.4) is 0 Å². The normalized spacial score (nSPS) is 25.9. The molecule has 2 fully saturated rings. The van der Waals surface area contributed by atoms with Crippen LogP contribution in [0.25, 0.3) is 0 Å². The van der Waals surface area contributed by atoms with E-state index in [1.165, 1.54) is 12.8 Å². The number of hydrogen-bond acceptors (Lipinski definition) is 4. The largest absolute Gasteiger partial charge is 0.369 e. The summed E-state index contributed by atoms with van der Waals surface area (Å²) in [7, 11) is 0. The molecule has 0 bridgehead atoms. The van der Waals surface area contributed by atoms with E-state index in [1.54, 1.807) is 0 Å². The van der Waals surface area contributed by atoms with Crippen molar-refractivity contribution in [2.24, 2.45) is 0 Å². The Kier molecular flexibility index (Phi) is 4.26. The van der Waals surface area contributed by atoms with E-state index in [2.05, 4.69) is 35.1 Å². The Labute approximate surface area is 128 Å². The molecular formula is C15H22BrN3O. The Morgan fingerprint density at radius 1 is 1.25 bits per heavy atom. The van der Waals surface area contributed by atoms with Gasteiger partial charge in [0.2, 0.25) is 0 Å². The van der Waals surface area contributed by atoms with Crippen LogP contribution in [-0.4, -0.2) is 22.6 Å². The first kappa shape index (κ1) is 14.3. The first-order chi connectivity index (χ1) is 9.69. The van der Waals surface area contributed by atoms with Crippen molar-refractivity contribution in [2.45, 2.75) is 64.1 Å². The highest BCUT2D eigenvalue weighted by atomic mass is 79.9. The number of halogens is 1. The molecule has 1 aromatic rings. The molecule has 1 aromatic heterocycles. The molecule has 1 saturated heterocycles. The van der Waals surface area contributed by atoms with Crippen LogP contribution in [0.5, 0.6) is 0 Å². The summed E-state index contributed by atoms with van der Waals surface area (Å²) in [6, 6.07) is 0. The van der Waals surface area contributed by atoms with E-state index in [0.717, 1.165) is 47.6 Å². The molecule has 1 saturated carbocycles. The third kappa shape index (κ3) is 2.98. The van der Waals surface area contributed by atoms with Gasteiger partial charge in [-0.15, -0.1) is 0 Å². The highest BCUT2D eigenvalue weighted by Crippen LogP contribution is 2.44. The molecule has 2 heterocycles. The van der Waals surface area contributed by atoms with E-state index in [9.17, 15) is 0 Å². The SMILES string of the molecule is CCCNc1nc(C2CCC(C)O2)nc(C2CC2)c1Br. The topological polar surface area (TPSA) is 47.0 Å². The zero-order valence-electron chi connectivity index (χ0n) is 12.2. The summed E-state index contributed by atoms with van der Waals surface area (Å²) in [4.78, 5) is 9.50. The third-order valence-electron chi connectivity index (χ3n) is 3.92. The maximum Gasteiger partial charge on any atom is 0.159 e. The van der Waals surface area contributed by atoms with Crippen LogP contribution in [0.4, 0.5) is 5.82 Å². The predicted molar refractivity (Wildman–Crippen MR) is 83.0 cm³/mol. The smallest absolute Gasteiger partial charge is 0.159 e. The quantitative estimate of drug-likeness (QED) is 0.874. The van der Waals surface area contributed by atoms with Gasteiger partial charge < -0.3 is 10.1 Å². The van der Waals surface area contributed by atoms with Gasteiger partial charge in [-0.2, -0.15) is 0 Å². The van der Waals surface area contributed by atoms with E-state index in [-0.39, 0.29) is 6.10 Å². The van der Waals surface area contributed by atoms with E-state index >= 15 is 0 Å². The minimum Gasteiger partial charge on any atom is -0.369 e. The van der Waals surface area contributed by atoms with Gasteiger partial charge in [0.05, 0.1) is 16.3 Å². The minimum absolute atomic E-state index is 0.0674. The molecule has 5 heteroatoms. The maximum atomic E-state index is 5.93. The van der Waals surface area contributed by atoms with Crippen molar-refractivity contribution in [3.63, 3.8) is 0 Å². The Morgan fingerprint density at radius 2 is 2.05 bits per heavy atom. The van der Waals surface area contributed by atoms with E-state index in [4.69, 9.17) is 14.7 Å². The molecule has 0 amide bonds. The van der Waals surface area contributed by atoms with Gasteiger partial charge in [0.15, 0.2) is 5.82 Å². The summed E-state index contributed by atoms with van der Waals surface area (Å²) in [6.07, 6.45) is 6.08. The average Bonchev–Trinajstić information content (AvgIpc) is 3.19. The van der Waals surface area contributed by atoms with Crippen molar-refractivity contribution in [3.05, 3.63) is 16.0 Å². The predicted octanol–water partition coefficient (Wildman–Crippen LogP) is 4.18. The number of anilines is 1. The number of ether oxygens (including phenoxy) is 1. The van der Waals surface area contributed by atoms with Crippen molar-refractivity contribution < 1.29 is 4.74 Å². The number of hydrogen-bond donors (Lipinski definition) is 1. The number of nitrogens with zero attached hydrogens (tertiary/aromatic N) is 2. The third-order valence-corrected chi connectivity index (χ3v) is 4.70. The number of rotatable bonds is 5. The van der Waals surface area contributed by atoms with Crippen molar-refractivity contribution in [1.29, 1.82) is 0 Å². The van der Waals surface area contributed by atoms with Gasteiger partial charge in [-0.3, -0.25) is 0 Å². The maximum absolute atomic E-state index is 5.93. The molecule has 2 atom stereocenters. The summed E-state index contributed by atoms with van der Waals surface area (Å²) in [6.45, 7) is 5.21. The standard InChI is InChI=1S/C15H22BrN3O/c1-3-8-17-15-12(16)13(10-5-6-10)18-14(19-15)11-7-4-9(2)20-11/h9-11H,3-8H2,1-2H3,(H,17,18,19). The molecule has 3 rings (SSSR count). The second-order valence-corrected chi connectivity index (χ2v) is 6.64. The van der Waals surface area contributed by atoms with Crippen LogP contribution in [0, 0.1) is 0 Å². The minimum atomic E-state index is 0.0674. The fourth-order valence-corrected chi connectivity index (χ4v) is 3.25. The lowest BCUT2D eigenvalue weighted by atomic mass is 10.2. The van der Waals surface area contributed by atoms with Gasteiger partial charge in [-0.1, -0.05) is 6.92 Å². The summed E-state index contributed by atoms with van der Waals surface area (Å²) >= 11 is 3.68. The highest BCUT2D eigenvalue weighted by Gasteiger charge is 2.32. The van der Waals surface area contributed by atoms with Crippen LogP contribution in [0.15, 0.2) is 4.47 Å². The summed E-state index contributed by atoms with van der Waals surface area (Å²) in [5, 5.41) is 3.41. The molecule has 0 radical (unpaired) electrons. The lowest BCUT2D eigenvalue weighted by molar-refractivity contribution is 0.0502. The van der Waals surface area contributed by atoms with Crippen LogP contribution in [0.1, 0.15) is 69.5 Å². The van der Waals surface area contributed by atoms with Crippen molar-refractivity contribution in [1.82, 2.24) is 9.97 Å². The molecule has 20 heavy (non-hydrogen) atoms. The van der Waals surface area contributed by atoms with E-state index < -0.39 is 0 Å². The van der Waals surface area contributed by atoms with Gasteiger partial charge in [-0.25, -0.2) is 9.97 Å². The van der Waals surface area contributed by atoms with Crippen LogP contribution in [-0.2, 0) is 4.74 Å². The highest BCUT2D eigenvalue weighted by molar-refractivity contribution is 9.10. The fraction of sp³-hybridized carbons (Fsp3) is 0.733. The first-order valence-corrected chi connectivity index (χ1v) is 8.45. The molecule has 0 aromatic carbocycles. The Bertz CT molecular complexity index is 490. The van der Waals surface area contributed by atoms with E-state index in [0.29, 0.717) is 12.0 Å². The first-order valence-electron chi connectivity index (χ1n) is 7.65. The molecule has 1 N–H and O–H groups in total. The van der Waals surface area contributed by atoms with E-state index in [1.807, 2.05) is 0 Å². The van der Waals surface area contributed by atoms with Gasteiger partial charge in [0.25, 0.3) is 0 Å². The molecule has 1 aliphatic carbocycles. The van der Waals surface area contributed by atoms with Crippen LogP contribution >= 0.6 is 15.9 Å². The zero-order chi connectivity index (χ0) is 14.1. The van der Waals surface area contributed by atoms with Crippen molar-refractivity contribution >= 4 is 21.7 Å². The molecule has 2 unspecified atom stereocenters. The van der Waals surface area contributed by atoms with Crippen LogP contribution < -0.4 is 5.32 Å². The second-order valence-electron chi connectivity index (χ2n) is 5.84. The molecule has 1 aliphatic heterocycles. The summed E-state index contributed by atoms with van der Waals surface area (Å²) < 4.78 is 6.98. The van der Waals surface area contributed by atoms with Crippen molar-refractivity contribution in [2.75, 3.05) is 11.9 Å². The molecular weight excluding hydrogens is 318 g/mol. The van der Waals surface area contributed by atoms with Gasteiger partial charge in [0.1, 0.15) is 11.9 Å². The summed E-state index contributed by atoms with van der Waals surface area (Å²) in [5.74, 6) is 2.40. The Morgan fingerprint density at radius 3 is 2.65 bits per heavy atom. The van der Waals surface area contributed by atoms with Crippen LogP contribution in [0.2, 0.25) is 0 Å². The van der Waals surface area contributed by atoms with Crippen molar-refractivity contribution in [3.8, 4) is 0 Å². The number of nitrogens with one attached hydrogen (secondary N) is 1. The molecule has 110 valence electrons. The average molecular weight is 340 g/mol. The monoisotopic (exact) mass is 339 g/mol. The summed E-state index contributed by atoms with van der Waals surface area (Å²) in [5.41, 5.74) is 1.16. The number of aromatic nitrogens is 2. The van der Waals surface area contributed by atoms with Gasteiger partial charge in [0, 0.05) is 12.5 Å². The lowest BCUT2D eigenvalue weighted by Gasteiger charge is -2.15. The molecule has 4 nitrogen and oxygen atoms in total. The lowest BCUT2D eigenvalue weighted by Crippen LogP contribution is -2.12. The molecule has 0 spiro atoms. The zero-order valence-corrected chi connectivity index (χ0v) is 13.7. The van der Waals surface area contributed by atoms with Gasteiger partial charge >= 0.3 is 0 Å². The molecule has 2 aliphatic rings. The van der Waals surface area contributed by atoms with Gasteiger partial charge in [-0.05, 0) is 55.0 Å².